The molecule has 0 saturated carbocycles. The van der Waals surface area contributed by atoms with E-state index in [9.17, 15) is 9.59 Å². The second-order valence-corrected chi connectivity index (χ2v) is 5.67. The standard InChI is InChI=1S/C15H21NO4S/c1-12-3-5-13(6-4-12)10-21-11-14(17)16(7-8-20-2)9-15(18)19/h3-6H,7-11H2,1-2H3,(H,18,19). The summed E-state index contributed by atoms with van der Waals surface area (Å²) in [6, 6.07) is 8.14. The summed E-state index contributed by atoms with van der Waals surface area (Å²) in [5.41, 5.74) is 2.35. The number of carbonyl (C=O) groups is 2. The number of carbonyl (C=O) groups excluding carboxylic acids is 1. The van der Waals surface area contributed by atoms with Crippen molar-refractivity contribution in [2.75, 3.05) is 32.6 Å². The normalized spacial score (nSPS) is 10.4. The van der Waals surface area contributed by atoms with Crippen molar-refractivity contribution in [3.05, 3.63) is 35.4 Å². The second kappa shape index (κ2) is 9.41. The molecule has 1 rings (SSSR count). The van der Waals surface area contributed by atoms with Gasteiger partial charge in [0, 0.05) is 19.4 Å². The van der Waals surface area contributed by atoms with E-state index in [1.54, 1.807) is 0 Å². The minimum atomic E-state index is -1.01. The van der Waals surface area contributed by atoms with Crippen LogP contribution in [0.5, 0.6) is 0 Å². The monoisotopic (exact) mass is 311 g/mol. The molecule has 0 bridgehead atoms. The molecule has 0 aliphatic carbocycles. The van der Waals surface area contributed by atoms with Crippen LogP contribution in [0.4, 0.5) is 0 Å². The molecule has 1 N–H and O–H groups in total. The first-order valence-corrected chi connectivity index (χ1v) is 7.80. The van der Waals surface area contributed by atoms with Crippen molar-refractivity contribution in [2.45, 2.75) is 12.7 Å². The molecule has 1 aromatic carbocycles. The Labute approximate surface area is 129 Å². The van der Waals surface area contributed by atoms with Gasteiger partial charge in [-0.15, -0.1) is 11.8 Å². The fourth-order valence-corrected chi connectivity index (χ4v) is 2.58. The third-order valence-corrected chi connectivity index (χ3v) is 3.85. The van der Waals surface area contributed by atoms with Crippen LogP contribution >= 0.6 is 11.8 Å². The van der Waals surface area contributed by atoms with Gasteiger partial charge >= 0.3 is 5.97 Å². The Hall–Kier alpha value is -1.53. The van der Waals surface area contributed by atoms with Crippen molar-refractivity contribution in [2.24, 2.45) is 0 Å². The molecule has 116 valence electrons. The Kier molecular flexibility index (Phi) is 7.85. The first-order chi connectivity index (χ1) is 10.0. The van der Waals surface area contributed by atoms with Crippen LogP contribution in [0.15, 0.2) is 24.3 Å². The van der Waals surface area contributed by atoms with Gasteiger partial charge in [0.15, 0.2) is 0 Å². The molecule has 0 aromatic heterocycles. The van der Waals surface area contributed by atoms with Crippen molar-refractivity contribution in [1.82, 2.24) is 4.90 Å². The van der Waals surface area contributed by atoms with E-state index in [0.29, 0.717) is 13.2 Å². The van der Waals surface area contributed by atoms with Gasteiger partial charge < -0.3 is 14.7 Å². The summed E-state index contributed by atoms with van der Waals surface area (Å²) in [6.07, 6.45) is 0. The summed E-state index contributed by atoms with van der Waals surface area (Å²) < 4.78 is 4.90. The van der Waals surface area contributed by atoms with E-state index in [0.717, 1.165) is 11.3 Å². The third kappa shape index (κ3) is 7.15. The molecule has 0 aliphatic heterocycles. The van der Waals surface area contributed by atoms with Gasteiger partial charge in [-0.25, -0.2) is 0 Å². The Morgan fingerprint density at radius 2 is 1.95 bits per heavy atom. The Morgan fingerprint density at radius 1 is 1.29 bits per heavy atom. The summed E-state index contributed by atoms with van der Waals surface area (Å²) in [5.74, 6) is -0.184. The van der Waals surface area contributed by atoms with Gasteiger partial charge in [-0.2, -0.15) is 0 Å². The molecule has 1 aromatic rings. The van der Waals surface area contributed by atoms with E-state index in [1.165, 1.54) is 29.3 Å². The SMILES string of the molecule is COCCN(CC(=O)O)C(=O)CSCc1ccc(C)cc1. The molecule has 0 radical (unpaired) electrons. The Balaban J connectivity index is 2.41. The van der Waals surface area contributed by atoms with Crippen LogP contribution in [0.25, 0.3) is 0 Å². The van der Waals surface area contributed by atoms with Gasteiger partial charge in [0.1, 0.15) is 6.54 Å². The first-order valence-electron chi connectivity index (χ1n) is 6.64. The van der Waals surface area contributed by atoms with Gasteiger partial charge in [-0.05, 0) is 12.5 Å². The number of aliphatic carboxylic acids is 1. The minimum absolute atomic E-state index is 0.174. The summed E-state index contributed by atoms with van der Waals surface area (Å²) >= 11 is 1.48. The van der Waals surface area contributed by atoms with Crippen LogP contribution in [-0.4, -0.2) is 54.4 Å². The molecule has 6 heteroatoms. The number of benzene rings is 1. The quantitative estimate of drug-likeness (QED) is 0.753. The third-order valence-electron chi connectivity index (χ3n) is 2.86. The van der Waals surface area contributed by atoms with Crippen molar-refractivity contribution in [3.8, 4) is 0 Å². The number of rotatable bonds is 9. The van der Waals surface area contributed by atoms with Gasteiger partial charge in [-0.1, -0.05) is 29.8 Å². The number of amides is 1. The highest BCUT2D eigenvalue weighted by Gasteiger charge is 2.16. The van der Waals surface area contributed by atoms with Crippen molar-refractivity contribution in [1.29, 1.82) is 0 Å². The van der Waals surface area contributed by atoms with Crippen LogP contribution in [-0.2, 0) is 20.1 Å². The number of carboxylic acid groups (broad SMARTS) is 1. The maximum Gasteiger partial charge on any atom is 0.323 e. The molecule has 21 heavy (non-hydrogen) atoms. The largest absolute Gasteiger partial charge is 0.480 e. The van der Waals surface area contributed by atoms with Crippen LogP contribution in [0.3, 0.4) is 0 Å². The van der Waals surface area contributed by atoms with E-state index < -0.39 is 5.97 Å². The molecule has 0 aliphatic rings. The predicted molar refractivity (Wildman–Crippen MR) is 83.4 cm³/mol. The number of nitrogens with zero attached hydrogens (tertiary/aromatic N) is 1. The van der Waals surface area contributed by atoms with E-state index in [2.05, 4.69) is 0 Å². The first kappa shape index (κ1) is 17.5. The summed E-state index contributed by atoms with van der Waals surface area (Å²) in [4.78, 5) is 24.1. The Morgan fingerprint density at radius 3 is 2.52 bits per heavy atom. The smallest absolute Gasteiger partial charge is 0.323 e. The highest BCUT2D eigenvalue weighted by atomic mass is 32.2. The van der Waals surface area contributed by atoms with Crippen LogP contribution in [0.1, 0.15) is 11.1 Å². The molecular formula is C15H21NO4S. The lowest BCUT2D eigenvalue weighted by Crippen LogP contribution is -2.39. The maximum absolute atomic E-state index is 12.0. The predicted octanol–water partition coefficient (Wildman–Crippen LogP) is 1.79. The zero-order valence-corrected chi connectivity index (χ0v) is 13.2. The molecule has 0 saturated heterocycles. The summed E-state index contributed by atoms with van der Waals surface area (Å²) in [6.45, 7) is 2.38. The van der Waals surface area contributed by atoms with Gasteiger partial charge in [0.25, 0.3) is 0 Å². The number of aryl methyl sites for hydroxylation is 1. The summed E-state index contributed by atoms with van der Waals surface area (Å²) in [5, 5.41) is 8.82. The van der Waals surface area contributed by atoms with Gasteiger partial charge in [0.05, 0.1) is 12.4 Å². The molecule has 1 amide bonds. The fraction of sp³-hybridized carbons (Fsp3) is 0.467. The maximum atomic E-state index is 12.0. The minimum Gasteiger partial charge on any atom is -0.480 e. The average Bonchev–Trinajstić information content (AvgIpc) is 2.45. The average molecular weight is 311 g/mol. The number of hydrogen-bond donors (Lipinski definition) is 1. The second-order valence-electron chi connectivity index (χ2n) is 4.68. The van der Waals surface area contributed by atoms with Crippen LogP contribution in [0, 0.1) is 6.92 Å². The highest BCUT2D eigenvalue weighted by Crippen LogP contribution is 2.13. The molecule has 0 spiro atoms. The number of ether oxygens (including phenoxy) is 1. The van der Waals surface area contributed by atoms with E-state index in [4.69, 9.17) is 9.84 Å². The molecule has 0 unspecified atom stereocenters. The number of carboxylic acids is 1. The van der Waals surface area contributed by atoms with E-state index >= 15 is 0 Å². The highest BCUT2D eigenvalue weighted by molar-refractivity contribution is 7.99. The van der Waals surface area contributed by atoms with E-state index in [-0.39, 0.29) is 18.2 Å². The lowest BCUT2D eigenvalue weighted by atomic mass is 10.2. The number of thioether (sulfide) groups is 1. The zero-order valence-electron chi connectivity index (χ0n) is 12.4. The fourth-order valence-electron chi connectivity index (χ4n) is 1.69. The molecular weight excluding hydrogens is 290 g/mol. The van der Waals surface area contributed by atoms with Crippen molar-refractivity contribution in [3.63, 3.8) is 0 Å². The van der Waals surface area contributed by atoms with Gasteiger partial charge in [0.2, 0.25) is 5.91 Å². The van der Waals surface area contributed by atoms with Crippen LogP contribution in [0.2, 0.25) is 0 Å². The molecule has 5 nitrogen and oxygen atoms in total. The lowest BCUT2D eigenvalue weighted by molar-refractivity contribution is -0.143. The molecule has 0 atom stereocenters. The van der Waals surface area contributed by atoms with Crippen molar-refractivity contribution < 1.29 is 19.4 Å². The number of hydrogen-bond acceptors (Lipinski definition) is 4. The van der Waals surface area contributed by atoms with E-state index in [1.807, 2.05) is 31.2 Å². The summed E-state index contributed by atoms with van der Waals surface area (Å²) in [7, 11) is 1.52. The molecule has 0 heterocycles. The topological polar surface area (TPSA) is 66.8 Å². The lowest BCUT2D eigenvalue weighted by Gasteiger charge is -2.20. The Bertz CT molecular complexity index is 461. The van der Waals surface area contributed by atoms with Crippen molar-refractivity contribution >= 4 is 23.6 Å². The van der Waals surface area contributed by atoms with Crippen LogP contribution < -0.4 is 0 Å². The number of methoxy groups -OCH3 is 1. The zero-order chi connectivity index (χ0) is 15.7. The van der Waals surface area contributed by atoms with Gasteiger partial charge in [-0.3, -0.25) is 9.59 Å². The molecule has 0 fully saturated rings.